The highest BCUT2D eigenvalue weighted by molar-refractivity contribution is 6.00. The summed E-state index contributed by atoms with van der Waals surface area (Å²) in [6, 6.07) is 11.9. The minimum absolute atomic E-state index is 0.0991. The second-order valence-electron chi connectivity index (χ2n) is 7.04. The molecule has 28 heavy (non-hydrogen) atoms. The van der Waals surface area contributed by atoms with Crippen LogP contribution in [0.3, 0.4) is 0 Å². The van der Waals surface area contributed by atoms with E-state index in [2.05, 4.69) is 10.6 Å². The summed E-state index contributed by atoms with van der Waals surface area (Å²) in [5, 5.41) is 6.15. The average molecular weight is 391 g/mol. The molecule has 0 aromatic heterocycles. The van der Waals surface area contributed by atoms with Gasteiger partial charge in [-0.15, -0.1) is 0 Å². The van der Waals surface area contributed by atoms with Crippen LogP contribution >= 0.6 is 0 Å². The Bertz CT molecular complexity index is 815. The summed E-state index contributed by atoms with van der Waals surface area (Å²) >= 11 is 0. The zero-order chi connectivity index (χ0) is 20.1. The lowest BCUT2D eigenvalue weighted by Crippen LogP contribution is -2.40. The van der Waals surface area contributed by atoms with Crippen LogP contribution in [0.15, 0.2) is 48.5 Å². The highest BCUT2D eigenvalue weighted by atomic mass is 19.4. The fraction of sp³-hybridized carbons (Fsp3) is 0.381. The van der Waals surface area contributed by atoms with Gasteiger partial charge in [0.15, 0.2) is 0 Å². The van der Waals surface area contributed by atoms with Crippen LogP contribution in [0, 0.1) is 5.92 Å². The summed E-state index contributed by atoms with van der Waals surface area (Å²) in [6.45, 7) is 2.31. The van der Waals surface area contributed by atoms with Gasteiger partial charge in [-0.05, 0) is 62.7 Å². The van der Waals surface area contributed by atoms with Crippen LogP contribution in [-0.4, -0.2) is 37.5 Å². The summed E-state index contributed by atoms with van der Waals surface area (Å²) in [5.74, 6) is 0.463. The van der Waals surface area contributed by atoms with E-state index in [0.717, 1.165) is 31.5 Å². The van der Waals surface area contributed by atoms with Crippen molar-refractivity contribution in [2.75, 3.05) is 32.0 Å². The lowest BCUT2D eigenvalue weighted by molar-refractivity contribution is -0.137. The predicted molar refractivity (Wildman–Crippen MR) is 104 cm³/mol. The smallest absolute Gasteiger partial charge is 0.355 e. The van der Waals surface area contributed by atoms with Crippen LogP contribution in [0.25, 0.3) is 0 Å². The van der Waals surface area contributed by atoms with Crippen molar-refractivity contribution in [1.82, 2.24) is 10.2 Å². The Hall–Kier alpha value is -2.54. The third-order valence-electron chi connectivity index (χ3n) is 5.02. The second-order valence-corrected chi connectivity index (χ2v) is 7.04. The molecular formula is C21H24F3N3O. The summed E-state index contributed by atoms with van der Waals surface area (Å²) in [4.78, 5) is 14.8. The van der Waals surface area contributed by atoms with Gasteiger partial charge >= 0.3 is 6.18 Å². The van der Waals surface area contributed by atoms with E-state index in [1.807, 2.05) is 11.9 Å². The molecule has 150 valence electrons. The first-order chi connectivity index (χ1) is 13.4. The molecule has 1 saturated heterocycles. The molecule has 2 N–H and O–H groups in total. The van der Waals surface area contributed by atoms with Crippen LogP contribution < -0.4 is 10.6 Å². The Morgan fingerprint density at radius 1 is 1.11 bits per heavy atom. The first-order valence-electron chi connectivity index (χ1n) is 9.35. The fourth-order valence-electron chi connectivity index (χ4n) is 3.51. The third-order valence-corrected chi connectivity index (χ3v) is 5.02. The lowest BCUT2D eigenvalue weighted by atomic mass is 9.96. The van der Waals surface area contributed by atoms with Crippen LogP contribution in [0.4, 0.5) is 24.5 Å². The Kier molecular flexibility index (Phi) is 6.24. The van der Waals surface area contributed by atoms with Crippen molar-refractivity contribution < 1.29 is 18.0 Å². The van der Waals surface area contributed by atoms with Gasteiger partial charge in [-0.3, -0.25) is 4.79 Å². The van der Waals surface area contributed by atoms with Crippen molar-refractivity contribution in [1.29, 1.82) is 0 Å². The molecule has 0 aliphatic carbocycles. The van der Waals surface area contributed by atoms with Crippen LogP contribution in [-0.2, 0) is 6.18 Å². The number of para-hydroxylation sites is 1. The molecule has 1 heterocycles. The molecule has 2 aromatic carbocycles. The van der Waals surface area contributed by atoms with Gasteiger partial charge in [-0.25, -0.2) is 0 Å². The first-order valence-corrected chi connectivity index (χ1v) is 9.35. The quantitative estimate of drug-likeness (QED) is 0.788. The fourth-order valence-corrected chi connectivity index (χ4v) is 3.51. The number of hydrogen-bond donors (Lipinski definition) is 2. The molecular weight excluding hydrogens is 367 g/mol. The Labute approximate surface area is 162 Å². The number of amides is 1. The molecule has 4 nitrogen and oxygen atoms in total. The number of nitrogens with one attached hydrogen (secondary N) is 2. The molecule has 1 aliphatic heterocycles. The monoisotopic (exact) mass is 391 g/mol. The number of halogens is 3. The molecule has 3 rings (SSSR count). The molecule has 0 unspecified atom stereocenters. The van der Waals surface area contributed by atoms with Gasteiger partial charge < -0.3 is 15.5 Å². The minimum Gasteiger partial charge on any atom is -0.355 e. The van der Waals surface area contributed by atoms with Crippen molar-refractivity contribution in [3.8, 4) is 0 Å². The maximum absolute atomic E-state index is 13.0. The maximum Gasteiger partial charge on any atom is 0.416 e. The molecule has 1 amide bonds. The number of rotatable bonds is 5. The molecule has 0 radical (unpaired) electrons. The van der Waals surface area contributed by atoms with E-state index in [0.29, 0.717) is 35.9 Å². The SMILES string of the molecule is CNCC1CCN(C(=O)c2ccccc2Nc2cccc(C(F)(F)F)c2)CC1. The molecule has 0 bridgehead atoms. The summed E-state index contributed by atoms with van der Waals surface area (Å²) in [5.41, 5.74) is 0.534. The van der Waals surface area contributed by atoms with E-state index in [4.69, 9.17) is 0 Å². The van der Waals surface area contributed by atoms with E-state index in [1.165, 1.54) is 6.07 Å². The number of nitrogens with zero attached hydrogens (tertiary/aromatic N) is 1. The van der Waals surface area contributed by atoms with Gasteiger partial charge in [0.25, 0.3) is 5.91 Å². The highest BCUT2D eigenvalue weighted by Gasteiger charge is 2.30. The minimum atomic E-state index is -4.41. The number of benzene rings is 2. The first kappa shape index (κ1) is 20.2. The lowest BCUT2D eigenvalue weighted by Gasteiger charge is -2.32. The predicted octanol–water partition coefficient (Wildman–Crippen LogP) is 4.52. The van der Waals surface area contributed by atoms with Gasteiger partial charge in [-0.2, -0.15) is 13.2 Å². The van der Waals surface area contributed by atoms with Crippen molar-refractivity contribution in [2.45, 2.75) is 19.0 Å². The zero-order valence-corrected chi connectivity index (χ0v) is 15.7. The molecule has 0 spiro atoms. The van der Waals surface area contributed by atoms with Gasteiger partial charge in [0.1, 0.15) is 0 Å². The van der Waals surface area contributed by atoms with E-state index in [9.17, 15) is 18.0 Å². The molecule has 2 aromatic rings. The van der Waals surface area contributed by atoms with Crippen LogP contribution in [0.2, 0.25) is 0 Å². The van der Waals surface area contributed by atoms with Crippen LogP contribution in [0.1, 0.15) is 28.8 Å². The van der Waals surface area contributed by atoms with Crippen LogP contribution in [0.5, 0.6) is 0 Å². The largest absolute Gasteiger partial charge is 0.416 e. The molecule has 1 aliphatic rings. The number of carbonyl (C=O) groups excluding carboxylic acids is 1. The normalized spacial score (nSPS) is 15.5. The van der Waals surface area contributed by atoms with E-state index in [1.54, 1.807) is 30.3 Å². The van der Waals surface area contributed by atoms with E-state index in [-0.39, 0.29) is 5.91 Å². The van der Waals surface area contributed by atoms with E-state index >= 15 is 0 Å². The second kappa shape index (κ2) is 8.65. The number of anilines is 2. The summed E-state index contributed by atoms with van der Waals surface area (Å²) < 4.78 is 38.9. The number of carbonyl (C=O) groups is 1. The van der Waals surface area contributed by atoms with E-state index < -0.39 is 11.7 Å². The Morgan fingerprint density at radius 3 is 2.50 bits per heavy atom. The van der Waals surface area contributed by atoms with Crippen molar-refractivity contribution in [3.05, 3.63) is 59.7 Å². The highest BCUT2D eigenvalue weighted by Crippen LogP contribution is 2.32. The Morgan fingerprint density at radius 2 is 1.82 bits per heavy atom. The number of hydrogen-bond acceptors (Lipinski definition) is 3. The number of alkyl halides is 3. The zero-order valence-electron chi connectivity index (χ0n) is 15.7. The van der Waals surface area contributed by atoms with Crippen molar-refractivity contribution in [3.63, 3.8) is 0 Å². The van der Waals surface area contributed by atoms with Crippen molar-refractivity contribution >= 4 is 17.3 Å². The topological polar surface area (TPSA) is 44.4 Å². The van der Waals surface area contributed by atoms with Gasteiger partial charge in [-0.1, -0.05) is 18.2 Å². The third kappa shape index (κ3) is 4.84. The standard InChI is InChI=1S/C21H24F3N3O/c1-25-14-15-9-11-27(12-10-15)20(28)18-7-2-3-8-19(18)26-17-6-4-5-16(13-17)21(22,23)24/h2-8,13,15,25-26H,9-12,14H2,1H3. The van der Waals surface area contributed by atoms with Gasteiger partial charge in [0, 0.05) is 18.8 Å². The molecule has 0 atom stereocenters. The summed E-state index contributed by atoms with van der Waals surface area (Å²) in [7, 11) is 1.92. The molecule has 7 heteroatoms. The summed E-state index contributed by atoms with van der Waals surface area (Å²) in [6.07, 6.45) is -2.53. The van der Waals surface area contributed by atoms with Gasteiger partial charge in [0.05, 0.1) is 16.8 Å². The molecule has 1 fully saturated rings. The molecule has 0 saturated carbocycles. The number of likely N-dealkylation sites (tertiary alicyclic amines) is 1. The average Bonchev–Trinajstić information content (AvgIpc) is 2.68. The van der Waals surface area contributed by atoms with Gasteiger partial charge in [0.2, 0.25) is 0 Å². The maximum atomic E-state index is 13.0. The number of piperidine rings is 1. The Balaban J connectivity index is 1.76. The van der Waals surface area contributed by atoms with Crippen molar-refractivity contribution in [2.24, 2.45) is 5.92 Å².